The van der Waals surface area contributed by atoms with Crippen LogP contribution in [0.5, 0.6) is 17.2 Å². The highest BCUT2D eigenvalue weighted by molar-refractivity contribution is 6.31. The number of carbonyl (C=O) groups excluding carboxylic acids is 2. The maximum Gasteiger partial charge on any atom is 0.337 e. The van der Waals surface area contributed by atoms with Crippen LogP contribution in [-0.2, 0) is 16.1 Å². The SMILES string of the molecule is CCOc1cc([C@@H]2NC(=O)NC(C)=C2C(=O)OC)ccc1OC[C@@H](O)N/N=C/c1cccc(OCc2ccccc2Cl)c1. The number of hydrogen-bond acceptors (Lipinski definition) is 9. The van der Waals surface area contributed by atoms with Crippen molar-refractivity contribution in [1.82, 2.24) is 16.1 Å². The van der Waals surface area contributed by atoms with E-state index in [4.69, 9.17) is 30.5 Å². The van der Waals surface area contributed by atoms with Crippen LogP contribution in [0.4, 0.5) is 4.79 Å². The van der Waals surface area contributed by atoms with Crippen molar-refractivity contribution in [2.24, 2.45) is 5.10 Å². The van der Waals surface area contributed by atoms with E-state index in [1.165, 1.54) is 7.11 Å². The number of benzene rings is 3. The van der Waals surface area contributed by atoms with Gasteiger partial charge in [0.05, 0.1) is 31.5 Å². The highest BCUT2D eigenvalue weighted by Gasteiger charge is 2.32. The second-order valence-corrected chi connectivity index (χ2v) is 9.77. The van der Waals surface area contributed by atoms with Crippen molar-refractivity contribution in [3.05, 3.63) is 99.7 Å². The molecule has 0 aliphatic carbocycles. The van der Waals surface area contributed by atoms with Crippen molar-refractivity contribution in [2.45, 2.75) is 32.7 Å². The average molecular weight is 609 g/mol. The molecule has 226 valence electrons. The first-order valence-electron chi connectivity index (χ1n) is 13.5. The molecule has 2 amide bonds. The van der Waals surface area contributed by atoms with Crippen molar-refractivity contribution >= 4 is 29.8 Å². The zero-order valence-corrected chi connectivity index (χ0v) is 24.7. The van der Waals surface area contributed by atoms with E-state index in [2.05, 4.69) is 21.2 Å². The number of aliphatic hydroxyl groups is 1. The topological polar surface area (TPSA) is 140 Å². The van der Waals surface area contributed by atoms with Gasteiger partial charge in [0.1, 0.15) is 19.0 Å². The number of nitrogens with one attached hydrogen (secondary N) is 3. The van der Waals surface area contributed by atoms with Crippen LogP contribution in [0.1, 0.15) is 36.6 Å². The van der Waals surface area contributed by atoms with Crippen LogP contribution in [0.15, 0.2) is 83.1 Å². The molecule has 11 nitrogen and oxygen atoms in total. The number of aliphatic hydroxyl groups excluding tert-OH is 1. The van der Waals surface area contributed by atoms with E-state index in [-0.39, 0.29) is 12.2 Å². The maximum atomic E-state index is 12.4. The van der Waals surface area contributed by atoms with Gasteiger partial charge < -0.3 is 34.7 Å². The number of ether oxygens (including phenoxy) is 4. The minimum absolute atomic E-state index is 0.145. The number of amides is 2. The Balaban J connectivity index is 1.36. The summed E-state index contributed by atoms with van der Waals surface area (Å²) in [6.07, 6.45) is 0.415. The number of hydrogen-bond donors (Lipinski definition) is 4. The molecular formula is C31H33ClN4O7. The summed E-state index contributed by atoms with van der Waals surface area (Å²) in [5.41, 5.74) is 5.52. The lowest BCUT2D eigenvalue weighted by atomic mass is 9.95. The van der Waals surface area contributed by atoms with Crippen LogP contribution in [0.2, 0.25) is 5.02 Å². The van der Waals surface area contributed by atoms with Crippen LogP contribution in [0.25, 0.3) is 0 Å². The van der Waals surface area contributed by atoms with Gasteiger partial charge in [-0.1, -0.05) is 48.0 Å². The number of urea groups is 1. The van der Waals surface area contributed by atoms with E-state index in [1.807, 2.05) is 55.5 Å². The Hall–Kier alpha value is -4.74. The predicted octanol–water partition coefficient (Wildman–Crippen LogP) is 4.44. The molecule has 0 spiro atoms. The minimum Gasteiger partial charge on any atom is -0.490 e. The monoisotopic (exact) mass is 608 g/mol. The molecule has 3 aromatic rings. The van der Waals surface area contributed by atoms with Crippen LogP contribution < -0.4 is 30.3 Å². The summed E-state index contributed by atoms with van der Waals surface area (Å²) >= 11 is 6.20. The fraction of sp³-hybridized carbons (Fsp3) is 0.258. The first-order chi connectivity index (χ1) is 20.8. The Morgan fingerprint density at radius 2 is 1.91 bits per heavy atom. The van der Waals surface area contributed by atoms with Crippen molar-refractivity contribution < 1.29 is 33.6 Å². The Morgan fingerprint density at radius 1 is 1.09 bits per heavy atom. The lowest BCUT2D eigenvalue weighted by molar-refractivity contribution is -0.136. The summed E-state index contributed by atoms with van der Waals surface area (Å²) in [7, 11) is 1.28. The molecule has 0 radical (unpaired) electrons. The third kappa shape index (κ3) is 8.40. The van der Waals surface area contributed by atoms with Crippen LogP contribution >= 0.6 is 11.6 Å². The molecule has 1 heterocycles. The van der Waals surface area contributed by atoms with E-state index in [0.717, 1.165) is 11.1 Å². The van der Waals surface area contributed by atoms with Gasteiger partial charge in [-0.25, -0.2) is 9.59 Å². The zero-order valence-electron chi connectivity index (χ0n) is 23.9. The molecule has 0 unspecified atom stereocenters. The average Bonchev–Trinajstić information content (AvgIpc) is 2.99. The second-order valence-electron chi connectivity index (χ2n) is 9.37. The van der Waals surface area contributed by atoms with Crippen LogP contribution in [0.3, 0.4) is 0 Å². The molecule has 0 saturated carbocycles. The molecule has 2 atom stereocenters. The third-order valence-corrected chi connectivity index (χ3v) is 6.69. The number of nitrogens with zero attached hydrogens (tertiary/aromatic N) is 1. The number of methoxy groups -OCH3 is 1. The summed E-state index contributed by atoms with van der Waals surface area (Å²) in [5.74, 6) is 0.811. The molecule has 1 aliphatic rings. The molecule has 0 saturated heterocycles. The van der Waals surface area contributed by atoms with Gasteiger partial charge in [0, 0.05) is 16.3 Å². The quantitative estimate of drug-likeness (QED) is 0.0967. The van der Waals surface area contributed by atoms with Gasteiger partial charge in [0.25, 0.3) is 0 Å². The van der Waals surface area contributed by atoms with Crippen LogP contribution in [0, 0.1) is 0 Å². The summed E-state index contributed by atoms with van der Waals surface area (Å²) in [6, 6.07) is 18.6. The van der Waals surface area contributed by atoms with E-state index < -0.39 is 24.3 Å². The Bertz CT molecular complexity index is 1510. The lowest BCUT2D eigenvalue weighted by Crippen LogP contribution is -2.45. The van der Waals surface area contributed by atoms with E-state index in [9.17, 15) is 14.7 Å². The zero-order chi connectivity index (χ0) is 30.8. The number of carbonyl (C=O) groups is 2. The molecular weight excluding hydrogens is 576 g/mol. The fourth-order valence-electron chi connectivity index (χ4n) is 4.28. The van der Waals surface area contributed by atoms with Crippen LogP contribution in [-0.4, -0.2) is 49.9 Å². The normalized spacial score (nSPS) is 15.4. The van der Waals surface area contributed by atoms with Gasteiger partial charge in [-0.3, -0.25) is 5.43 Å². The molecule has 1 aliphatic heterocycles. The minimum atomic E-state index is -1.13. The molecule has 4 rings (SSSR count). The predicted molar refractivity (Wildman–Crippen MR) is 161 cm³/mol. The number of esters is 1. The number of allylic oxidation sites excluding steroid dienone is 1. The number of hydrazone groups is 1. The summed E-state index contributed by atoms with van der Waals surface area (Å²) in [5, 5.41) is 20.5. The highest BCUT2D eigenvalue weighted by Crippen LogP contribution is 2.35. The van der Waals surface area contributed by atoms with E-state index >= 15 is 0 Å². The van der Waals surface area contributed by atoms with Crippen molar-refractivity contribution in [3.63, 3.8) is 0 Å². The molecule has 4 N–H and O–H groups in total. The Morgan fingerprint density at radius 3 is 2.67 bits per heavy atom. The smallest absolute Gasteiger partial charge is 0.337 e. The van der Waals surface area contributed by atoms with Gasteiger partial charge >= 0.3 is 12.0 Å². The first-order valence-corrected chi connectivity index (χ1v) is 13.9. The third-order valence-electron chi connectivity index (χ3n) is 6.32. The molecule has 0 fully saturated rings. The van der Waals surface area contributed by atoms with E-state index in [1.54, 1.807) is 31.3 Å². The fourth-order valence-corrected chi connectivity index (χ4v) is 4.47. The maximum absolute atomic E-state index is 12.4. The molecule has 0 bridgehead atoms. The van der Waals surface area contributed by atoms with E-state index in [0.29, 0.717) is 46.7 Å². The molecule has 12 heteroatoms. The standard InChI is InChI=1S/C31H33ClN4O7/c1-4-41-26-15-21(29-28(30(38)40-3)19(2)34-31(39)35-29)12-13-25(26)43-18-27(37)36-33-16-20-8-7-10-23(14-20)42-17-22-9-5-6-11-24(22)32/h5-16,27,29,36-37H,4,17-18H2,1-3H3,(H2,34,35,39)/b33-16+/t27-,29+/m1/s1. The molecule has 3 aromatic carbocycles. The summed E-state index contributed by atoms with van der Waals surface area (Å²) < 4.78 is 22.3. The van der Waals surface area contributed by atoms with Gasteiger partial charge in [-0.2, -0.15) is 5.10 Å². The van der Waals surface area contributed by atoms with Gasteiger partial charge in [0.15, 0.2) is 17.7 Å². The van der Waals surface area contributed by atoms with Gasteiger partial charge in [-0.05, 0) is 55.3 Å². The molecule has 43 heavy (non-hydrogen) atoms. The largest absolute Gasteiger partial charge is 0.490 e. The van der Waals surface area contributed by atoms with Gasteiger partial charge in [0.2, 0.25) is 0 Å². The second kappa shape index (κ2) is 14.9. The lowest BCUT2D eigenvalue weighted by Gasteiger charge is -2.28. The summed E-state index contributed by atoms with van der Waals surface area (Å²) in [6.45, 7) is 3.96. The van der Waals surface area contributed by atoms with Crippen molar-refractivity contribution in [1.29, 1.82) is 0 Å². The van der Waals surface area contributed by atoms with Crippen molar-refractivity contribution in [2.75, 3.05) is 20.3 Å². The summed E-state index contributed by atoms with van der Waals surface area (Å²) in [4.78, 5) is 24.6. The highest BCUT2D eigenvalue weighted by atomic mass is 35.5. The van der Waals surface area contributed by atoms with Crippen molar-refractivity contribution in [3.8, 4) is 17.2 Å². The van der Waals surface area contributed by atoms with Gasteiger partial charge in [-0.15, -0.1) is 0 Å². The Kier molecular flexibility index (Phi) is 10.8. The number of rotatable bonds is 13. The number of halogens is 1. The first kappa shape index (κ1) is 31.2. The molecule has 0 aromatic heterocycles. The Labute approximate surface area is 254 Å².